The van der Waals surface area contributed by atoms with Gasteiger partial charge in [0.1, 0.15) is 0 Å². The molecular formula is C18H14ClN3O. The fourth-order valence-electron chi connectivity index (χ4n) is 2.69. The monoisotopic (exact) mass is 323 g/mol. The van der Waals surface area contributed by atoms with E-state index in [4.69, 9.17) is 16.3 Å². The molecule has 2 heterocycles. The highest BCUT2D eigenvalue weighted by Gasteiger charge is 2.05. The Morgan fingerprint density at radius 2 is 1.87 bits per heavy atom. The van der Waals surface area contributed by atoms with Crippen LogP contribution in [0.3, 0.4) is 0 Å². The number of halogens is 1. The zero-order valence-electron chi connectivity index (χ0n) is 12.3. The van der Waals surface area contributed by atoms with Crippen LogP contribution in [0.1, 0.15) is 5.56 Å². The van der Waals surface area contributed by atoms with Gasteiger partial charge in [-0.1, -0.05) is 42.5 Å². The molecule has 4 rings (SSSR count). The van der Waals surface area contributed by atoms with Gasteiger partial charge in [-0.3, -0.25) is 0 Å². The SMILES string of the molecule is Clc1ncc2ccc(OCCc3cccc4ccccc34)nn12. The summed E-state index contributed by atoms with van der Waals surface area (Å²) in [5, 5.41) is 7.17. The number of hydrogen-bond acceptors (Lipinski definition) is 3. The van der Waals surface area contributed by atoms with Gasteiger partial charge in [-0.15, -0.1) is 5.10 Å². The van der Waals surface area contributed by atoms with Crippen LogP contribution in [0.5, 0.6) is 5.88 Å². The van der Waals surface area contributed by atoms with Crippen LogP contribution in [0.4, 0.5) is 0 Å². The molecular weight excluding hydrogens is 310 g/mol. The number of fused-ring (bicyclic) bond motifs is 2. The first-order chi connectivity index (χ1) is 11.3. The van der Waals surface area contributed by atoms with Crippen LogP contribution in [-0.2, 0) is 6.42 Å². The van der Waals surface area contributed by atoms with E-state index in [0.717, 1.165) is 11.9 Å². The van der Waals surface area contributed by atoms with Gasteiger partial charge in [0, 0.05) is 12.5 Å². The Bertz CT molecular complexity index is 975. The summed E-state index contributed by atoms with van der Waals surface area (Å²) in [6.07, 6.45) is 2.49. The molecule has 0 fully saturated rings. The van der Waals surface area contributed by atoms with Crippen molar-refractivity contribution in [3.8, 4) is 5.88 Å². The van der Waals surface area contributed by atoms with Crippen molar-refractivity contribution >= 4 is 27.9 Å². The maximum atomic E-state index is 5.97. The molecule has 2 aromatic carbocycles. The smallest absolute Gasteiger partial charge is 0.231 e. The minimum Gasteiger partial charge on any atom is -0.476 e. The summed E-state index contributed by atoms with van der Waals surface area (Å²) in [6.45, 7) is 0.554. The molecule has 0 aliphatic carbocycles. The van der Waals surface area contributed by atoms with E-state index in [9.17, 15) is 0 Å². The summed E-state index contributed by atoms with van der Waals surface area (Å²) in [4.78, 5) is 4.01. The number of imidazole rings is 1. The van der Waals surface area contributed by atoms with E-state index in [2.05, 4.69) is 52.5 Å². The second kappa shape index (κ2) is 5.89. The highest BCUT2D eigenvalue weighted by Crippen LogP contribution is 2.19. The van der Waals surface area contributed by atoms with Crippen molar-refractivity contribution in [2.75, 3.05) is 6.61 Å². The molecule has 0 aliphatic rings. The van der Waals surface area contributed by atoms with Gasteiger partial charge in [0.05, 0.1) is 18.3 Å². The number of aromatic nitrogens is 3. The van der Waals surface area contributed by atoms with Crippen LogP contribution in [0.15, 0.2) is 60.8 Å². The summed E-state index contributed by atoms with van der Waals surface area (Å²) in [5.41, 5.74) is 2.11. The van der Waals surface area contributed by atoms with Crippen LogP contribution in [0.25, 0.3) is 16.3 Å². The van der Waals surface area contributed by atoms with Crippen molar-refractivity contribution in [2.24, 2.45) is 0 Å². The molecule has 5 heteroatoms. The predicted octanol–water partition coefficient (Wildman–Crippen LogP) is 4.16. The number of ether oxygens (including phenoxy) is 1. The highest BCUT2D eigenvalue weighted by molar-refractivity contribution is 6.28. The Morgan fingerprint density at radius 1 is 1.00 bits per heavy atom. The van der Waals surface area contributed by atoms with Gasteiger partial charge in [-0.2, -0.15) is 4.52 Å². The van der Waals surface area contributed by atoms with Crippen molar-refractivity contribution in [3.63, 3.8) is 0 Å². The molecule has 23 heavy (non-hydrogen) atoms. The fraction of sp³-hybridized carbons (Fsp3) is 0.111. The van der Waals surface area contributed by atoms with E-state index in [-0.39, 0.29) is 0 Å². The molecule has 0 atom stereocenters. The lowest BCUT2D eigenvalue weighted by atomic mass is 10.0. The standard InChI is InChI=1S/C18H14ClN3O/c19-18-20-12-15-8-9-17(21-22(15)18)23-11-10-14-6-3-5-13-4-1-2-7-16(13)14/h1-9,12H,10-11H2. The van der Waals surface area contributed by atoms with Crippen LogP contribution >= 0.6 is 11.6 Å². The van der Waals surface area contributed by atoms with E-state index in [1.165, 1.54) is 16.3 Å². The molecule has 2 aromatic heterocycles. The van der Waals surface area contributed by atoms with Gasteiger partial charge in [-0.05, 0) is 34.0 Å². The van der Waals surface area contributed by atoms with Crippen molar-refractivity contribution in [1.82, 2.24) is 14.6 Å². The molecule has 0 saturated heterocycles. The van der Waals surface area contributed by atoms with Crippen LogP contribution in [0.2, 0.25) is 5.28 Å². The van der Waals surface area contributed by atoms with Gasteiger partial charge in [0.25, 0.3) is 0 Å². The predicted molar refractivity (Wildman–Crippen MR) is 91.1 cm³/mol. The molecule has 0 aliphatic heterocycles. The average molecular weight is 324 g/mol. The molecule has 4 nitrogen and oxygen atoms in total. The lowest BCUT2D eigenvalue weighted by Crippen LogP contribution is -2.05. The van der Waals surface area contributed by atoms with E-state index < -0.39 is 0 Å². The zero-order chi connectivity index (χ0) is 15.6. The minimum absolute atomic E-state index is 0.333. The molecule has 0 N–H and O–H groups in total. The molecule has 0 bridgehead atoms. The normalized spacial score (nSPS) is 11.2. The third-order valence-electron chi connectivity index (χ3n) is 3.82. The summed E-state index contributed by atoms with van der Waals surface area (Å²) >= 11 is 5.97. The van der Waals surface area contributed by atoms with Gasteiger partial charge < -0.3 is 4.74 Å². The van der Waals surface area contributed by atoms with Crippen molar-refractivity contribution in [2.45, 2.75) is 6.42 Å². The van der Waals surface area contributed by atoms with E-state index in [0.29, 0.717) is 17.8 Å². The number of hydrogen-bond donors (Lipinski definition) is 0. The summed E-state index contributed by atoms with van der Waals surface area (Å²) in [5.74, 6) is 0.539. The third-order valence-corrected chi connectivity index (χ3v) is 4.08. The first-order valence-electron chi connectivity index (χ1n) is 7.41. The second-order valence-electron chi connectivity index (χ2n) is 5.27. The van der Waals surface area contributed by atoms with Gasteiger partial charge in [0.15, 0.2) is 0 Å². The first-order valence-corrected chi connectivity index (χ1v) is 7.79. The van der Waals surface area contributed by atoms with Gasteiger partial charge in [-0.25, -0.2) is 4.98 Å². The second-order valence-corrected chi connectivity index (χ2v) is 5.61. The summed E-state index contributed by atoms with van der Waals surface area (Å²) in [6, 6.07) is 18.4. The fourth-order valence-corrected chi connectivity index (χ4v) is 2.87. The highest BCUT2D eigenvalue weighted by atomic mass is 35.5. The van der Waals surface area contributed by atoms with Crippen LogP contribution in [0, 0.1) is 0 Å². The summed E-state index contributed by atoms with van der Waals surface area (Å²) in [7, 11) is 0. The average Bonchev–Trinajstić information content (AvgIpc) is 2.96. The quantitative estimate of drug-likeness (QED) is 0.566. The van der Waals surface area contributed by atoms with Crippen molar-refractivity contribution < 1.29 is 4.74 Å². The molecule has 0 unspecified atom stereocenters. The molecule has 114 valence electrons. The van der Waals surface area contributed by atoms with Crippen molar-refractivity contribution in [3.05, 3.63) is 71.6 Å². The van der Waals surface area contributed by atoms with Gasteiger partial charge in [0.2, 0.25) is 11.2 Å². The molecule has 0 radical (unpaired) electrons. The minimum atomic E-state index is 0.333. The molecule has 0 saturated carbocycles. The topological polar surface area (TPSA) is 39.4 Å². The first kappa shape index (κ1) is 14.0. The molecule has 4 aromatic rings. The Morgan fingerprint density at radius 3 is 2.83 bits per heavy atom. The Labute approximate surface area is 138 Å². The lowest BCUT2D eigenvalue weighted by molar-refractivity contribution is 0.305. The molecule has 0 spiro atoms. The summed E-state index contributed by atoms with van der Waals surface area (Å²) < 4.78 is 7.34. The van der Waals surface area contributed by atoms with E-state index in [1.54, 1.807) is 10.7 Å². The van der Waals surface area contributed by atoms with Gasteiger partial charge >= 0.3 is 0 Å². The van der Waals surface area contributed by atoms with Crippen LogP contribution in [-0.4, -0.2) is 21.2 Å². The Kier molecular flexibility index (Phi) is 3.60. The third kappa shape index (κ3) is 2.73. The number of benzene rings is 2. The van der Waals surface area contributed by atoms with Crippen molar-refractivity contribution in [1.29, 1.82) is 0 Å². The number of rotatable bonds is 4. The molecule has 0 amide bonds. The zero-order valence-corrected chi connectivity index (χ0v) is 13.1. The maximum absolute atomic E-state index is 5.97. The van der Waals surface area contributed by atoms with E-state index >= 15 is 0 Å². The Balaban J connectivity index is 1.51. The lowest BCUT2D eigenvalue weighted by Gasteiger charge is -2.08. The largest absolute Gasteiger partial charge is 0.476 e. The van der Waals surface area contributed by atoms with E-state index in [1.807, 2.05) is 12.1 Å². The Hall–Kier alpha value is -2.59. The number of nitrogens with zero attached hydrogens (tertiary/aromatic N) is 3. The van der Waals surface area contributed by atoms with Crippen LogP contribution < -0.4 is 4.74 Å². The maximum Gasteiger partial charge on any atom is 0.231 e.